The van der Waals surface area contributed by atoms with E-state index in [9.17, 15) is 9.90 Å². The molecule has 0 amide bonds. The highest BCUT2D eigenvalue weighted by molar-refractivity contribution is 6.04. The highest BCUT2D eigenvalue weighted by Crippen LogP contribution is 2.58. The Morgan fingerprint density at radius 2 is 1.88 bits per heavy atom. The second-order valence-electron chi connectivity index (χ2n) is 9.20. The van der Waals surface area contributed by atoms with E-state index in [4.69, 9.17) is 14.2 Å². The van der Waals surface area contributed by atoms with Crippen LogP contribution in [0.3, 0.4) is 0 Å². The molecule has 0 unspecified atom stereocenters. The number of aliphatic hydroxyl groups excluding tert-OH is 1. The van der Waals surface area contributed by atoms with Crippen LogP contribution in [0.5, 0.6) is 5.75 Å². The Labute approximate surface area is 189 Å². The zero-order valence-corrected chi connectivity index (χ0v) is 18.5. The third kappa shape index (κ3) is 3.35. The van der Waals surface area contributed by atoms with Crippen LogP contribution in [0.15, 0.2) is 66.4 Å². The number of rotatable bonds is 4. The number of ketones is 1. The van der Waals surface area contributed by atoms with Crippen LogP contribution in [0.4, 0.5) is 0 Å². The lowest BCUT2D eigenvalue weighted by atomic mass is 9.51. The molecule has 0 bridgehead atoms. The van der Waals surface area contributed by atoms with Crippen molar-refractivity contribution in [3.63, 3.8) is 0 Å². The number of benzene rings is 2. The minimum absolute atomic E-state index is 0.0242. The molecule has 3 atom stereocenters. The summed E-state index contributed by atoms with van der Waals surface area (Å²) < 4.78 is 18.3. The summed E-state index contributed by atoms with van der Waals surface area (Å²) >= 11 is 0. The third-order valence-corrected chi connectivity index (χ3v) is 7.75. The van der Waals surface area contributed by atoms with E-state index in [1.807, 2.05) is 54.6 Å². The first-order chi connectivity index (χ1) is 15.6. The van der Waals surface area contributed by atoms with Gasteiger partial charge >= 0.3 is 0 Å². The van der Waals surface area contributed by atoms with E-state index in [0.29, 0.717) is 44.7 Å². The molecule has 1 saturated heterocycles. The van der Waals surface area contributed by atoms with E-state index >= 15 is 0 Å². The van der Waals surface area contributed by atoms with Gasteiger partial charge in [-0.05, 0) is 48.4 Å². The van der Waals surface area contributed by atoms with Crippen molar-refractivity contribution in [1.29, 1.82) is 0 Å². The van der Waals surface area contributed by atoms with Gasteiger partial charge in [-0.25, -0.2) is 0 Å². The van der Waals surface area contributed by atoms with Crippen molar-refractivity contribution in [1.82, 2.24) is 0 Å². The molecule has 3 aliphatic rings. The third-order valence-electron chi connectivity index (χ3n) is 7.75. The second-order valence-corrected chi connectivity index (χ2v) is 9.20. The van der Waals surface area contributed by atoms with Crippen molar-refractivity contribution in [3.8, 4) is 5.75 Å². The number of hydrogen-bond donors (Lipinski definition) is 1. The van der Waals surface area contributed by atoms with Crippen molar-refractivity contribution in [3.05, 3.63) is 77.6 Å². The van der Waals surface area contributed by atoms with Gasteiger partial charge in [-0.3, -0.25) is 4.79 Å². The van der Waals surface area contributed by atoms with Crippen molar-refractivity contribution in [2.75, 3.05) is 13.2 Å². The van der Waals surface area contributed by atoms with Crippen molar-refractivity contribution < 1.29 is 24.1 Å². The average molecular weight is 435 g/mol. The Morgan fingerprint density at radius 1 is 1.09 bits per heavy atom. The van der Waals surface area contributed by atoms with E-state index in [1.54, 1.807) is 0 Å². The zero-order valence-electron chi connectivity index (χ0n) is 18.5. The molecular formula is C27H30O5. The quantitative estimate of drug-likeness (QED) is 0.536. The number of Topliss-reactive ketones (excluding diaryl/α,β-unsaturated/α-hetero) is 1. The Bertz CT molecular complexity index is 1010. The predicted octanol–water partition coefficient (Wildman–Crippen LogP) is 5.10. The maximum absolute atomic E-state index is 13.8. The van der Waals surface area contributed by atoms with Gasteiger partial charge in [-0.1, -0.05) is 49.4 Å². The Morgan fingerprint density at radius 3 is 2.62 bits per heavy atom. The molecule has 0 radical (unpaired) electrons. The highest BCUT2D eigenvalue weighted by Gasteiger charge is 2.61. The lowest BCUT2D eigenvalue weighted by Gasteiger charge is -2.55. The van der Waals surface area contributed by atoms with Crippen LogP contribution in [-0.4, -0.2) is 29.9 Å². The Kier molecular flexibility index (Phi) is 5.56. The number of carbonyl (C=O) groups is 1. The van der Waals surface area contributed by atoms with Gasteiger partial charge in [-0.15, -0.1) is 0 Å². The molecule has 1 aliphatic heterocycles. The molecule has 1 heterocycles. The summed E-state index contributed by atoms with van der Waals surface area (Å²) in [6, 6.07) is 18.0. The number of hydrogen-bond acceptors (Lipinski definition) is 5. The molecule has 3 fully saturated rings. The summed E-state index contributed by atoms with van der Waals surface area (Å²) in [5.41, 5.74) is 1.85. The fourth-order valence-corrected chi connectivity index (χ4v) is 6.10. The van der Waals surface area contributed by atoms with E-state index < -0.39 is 11.2 Å². The van der Waals surface area contributed by atoms with E-state index in [2.05, 4.69) is 6.92 Å². The fraction of sp³-hybridized carbons (Fsp3) is 0.444. The summed E-state index contributed by atoms with van der Waals surface area (Å²) in [7, 11) is 0. The molecule has 32 heavy (non-hydrogen) atoms. The molecule has 1 spiro atoms. The molecule has 2 saturated carbocycles. The largest absolute Gasteiger partial charge is 0.515 e. The average Bonchev–Trinajstić information content (AvgIpc) is 3.31. The van der Waals surface area contributed by atoms with Crippen LogP contribution >= 0.6 is 0 Å². The Balaban J connectivity index is 1.50. The van der Waals surface area contributed by atoms with E-state index in [-0.39, 0.29) is 17.6 Å². The number of ether oxygens (including phenoxy) is 3. The number of fused-ring (bicyclic) bond motifs is 1. The predicted molar refractivity (Wildman–Crippen MR) is 120 cm³/mol. The second kappa shape index (κ2) is 8.38. The normalized spacial score (nSPS) is 30.4. The molecule has 5 nitrogen and oxygen atoms in total. The van der Waals surface area contributed by atoms with Crippen LogP contribution in [-0.2, 0) is 26.3 Å². The molecule has 5 rings (SSSR count). The van der Waals surface area contributed by atoms with Crippen LogP contribution in [0, 0.1) is 11.8 Å². The molecule has 2 aromatic carbocycles. The SMILES string of the molecule is C[C@H]1[C@@H]2CC/C(=C/O)C(=O)[C@@]2(c2cccc(OCc3ccccc3)c2)CCC12OCCO2. The number of aliphatic hydroxyl groups is 1. The minimum Gasteiger partial charge on any atom is -0.515 e. The molecule has 2 aliphatic carbocycles. The monoisotopic (exact) mass is 434 g/mol. The standard InChI is InChI=1S/C27H30O5/c1-19-24-11-10-21(17-28)25(29)26(24,12-13-27(19)31-14-15-32-27)22-8-5-9-23(16-22)30-18-20-6-3-2-4-7-20/h2-9,16-17,19,24,28H,10-15,18H2,1H3/b21-17-/t19-,24-,26+/m0/s1. The summed E-state index contributed by atoms with van der Waals surface area (Å²) in [5, 5.41) is 9.79. The van der Waals surface area contributed by atoms with E-state index in [0.717, 1.165) is 29.6 Å². The Hall–Kier alpha value is -2.63. The van der Waals surface area contributed by atoms with Gasteiger partial charge in [0.15, 0.2) is 11.6 Å². The maximum Gasteiger partial charge on any atom is 0.172 e. The first-order valence-corrected chi connectivity index (χ1v) is 11.5. The van der Waals surface area contributed by atoms with Gasteiger partial charge in [0.25, 0.3) is 0 Å². The molecule has 0 aromatic heterocycles. The lowest BCUT2D eigenvalue weighted by Crippen LogP contribution is -2.59. The van der Waals surface area contributed by atoms with Crippen molar-refractivity contribution >= 4 is 5.78 Å². The van der Waals surface area contributed by atoms with Gasteiger partial charge in [0, 0.05) is 17.9 Å². The zero-order chi connectivity index (χ0) is 22.2. The van der Waals surface area contributed by atoms with E-state index in [1.165, 1.54) is 0 Å². The van der Waals surface area contributed by atoms with Crippen LogP contribution < -0.4 is 4.74 Å². The molecular weight excluding hydrogens is 404 g/mol. The van der Waals surface area contributed by atoms with Gasteiger partial charge in [0.05, 0.1) is 24.9 Å². The summed E-state index contributed by atoms with van der Waals surface area (Å²) in [5.74, 6) is 0.299. The smallest absolute Gasteiger partial charge is 0.172 e. The fourth-order valence-electron chi connectivity index (χ4n) is 6.10. The van der Waals surface area contributed by atoms with Crippen LogP contribution in [0.2, 0.25) is 0 Å². The number of allylic oxidation sites excluding steroid dienone is 1. The van der Waals surface area contributed by atoms with Gasteiger partial charge in [0.2, 0.25) is 0 Å². The molecule has 2 aromatic rings. The number of carbonyl (C=O) groups excluding carboxylic acids is 1. The first-order valence-electron chi connectivity index (χ1n) is 11.5. The first kappa shape index (κ1) is 21.2. The van der Waals surface area contributed by atoms with Gasteiger partial charge < -0.3 is 19.3 Å². The van der Waals surface area contributed by atoms with Crippen molar-refractivity contribution in [2.24, 2.45) is 11.8 Å². The van der Waals surface area contributed by atoms with Crippen LogP contribution in [0.1, 0.15) is 43.7 Å². The topological polar surface area (TPSA) is 65.0 Å². The molecule has 1 N–H and O–H groups in total. The maximum atomic E-state index is 13.8. The summed E-state index contributed by atoms with van der Waals surface area (Å²) in [6.07, 6.45) is 3.67. The molecule has 168 valence electrons. The lowest BCUT2D eigenvalue weighted by molar-refractivity contribution is -0.234. The van der Waals surface area contributed by atoms with Crippen LogP contribution in [0.25, 0.3) is 0 Å². The van der Waals surface area contributed by atoms with Gasteiger partial charge in [-0.2, -0.15) is 0 Å². The summed E-state index contributed by atoms with van der Waals surface area (Å²) in [4.78, 5) is 13.8. The minimum atomic E-state index is -0.709. The summed E-state index contributed by atoms with van der Waals surface area (Å²) in [6.45, 7) is 3.82. The highest BCUT2D eigenvalue weighted by atomic mass is 16.7. The molecule has 5 heteroatoms. The van der Waals surface area contributed by atoms with Gasteiger partial charge in [0.1, 0.15) is 12.4 Å². The van der Waals surface area contributed by atoms with Crippen molar-refractivity contribution in [2.45, 2.75) is 50.4 Å².